The number of nitrogens with one attached hydrogen (secondary N) is 2. The minimum atomic E-state index is 0.399. The molecule has 0 aliphatic carbocycles. The number of nitrogens with zero attached hydrogens (tertiary/aromatic N) is 2. The molecule has 5 nitrogen and oxygen atoms in total. The molecule has 2 aromatic rings. The van der Waals surface area contributed by atoms with Gasteiger partial charge in [-0.05, 0) is 31.4 Å². The van der Waals surface area contributed by atoms with E-state index < -0.39 is 0 Å². The molecule has 118 valence electrons. The summed E-state index contributed by atoms with van der Waals surface area (Å²) in [5.41, 5.74) is 1.18. The molecule has 1 aromatic carbocycles. The van der Waals surface area contributed by atoms with Gasteiger partial charge in [-0.25, -0.2) is 9.97 Å². The van der Waals surface area contributed by atoms with Gasteiger partial charge in [0.25, 0.3) is 0 Å². The average molecular weight is 300 g/mol. The lowest BCUT2D eigenvalue weighted by atomic mass is 10.1. The summed E-state index contributed by atoms with van der Waals surface area (Å²) in [5, 5.41) is 6.68. The first-order chi connectivity index (χ1) is 10.7. The molecular weight excluding hydrogens is 276 g/mol. The number of anilines is 2. The third kappa shape index (κ3) is 4.62. The zero-order chi connectivity index (χ0) is 15.8. The molecule has 0 radical (unpaired) electrons. The Kier molecular flexibility index (Phi) is 6.01. The molecular formula is C17H24N4O. The monoisotopic (exact) mass is 300 g/mol. The fraction of sp³-hybridized carbons (Fsp3) is 0.412. The highest BCUT2D eigenvalue weighted by Crippen LogP contribution is 2.18. The number of hydrogen-bond donors (Lipinski definition) is 2. The minimum Gasteiger partial charge on any atom is -0.496 e. The molecule has 2 N–H and O–H groups in total. The Bertz CT molecular complexity index is 588. The molecule has 0 amide bonds. The van der Waals surface area contributed by atoms with Crippen molar-refractivity contribution in [1.29, 1.82) is 0 Å². The van der Waals surface area contributed by atoms with Crippen LogP contribution in [0.5, 0.6) is 5.75 Å². The van der Waals surface area contributed by atoms with Crippen LogP contribution in [0.4, 0.5) is 11.6 Å². The Morgan fingerprint density at radius 2 is 1.95 bits per heavy atom. The van der Waals surface area contributed by atoms with Crippen molar-refractivity contribution < 1.29 is 4.74 Å². The van der Waals surface area contributed by atoms with Gasteiger partial charge in [0.2, 0.25) is 0 Å². The Balaban J connectivity index is 1.90. The zero-order valence-corrected chi connectivity index (χ0v) is 13.5. The van der Waals surface area contributed by atoms with Gasteiger partial charge in [0.15, 0.2) is 0 Å². The normalized spacial score (nSPS) is 11.8. The summed E-state index contributed by atoms with van der Waals surface area (Å²) in [7, 11) is 1.70. The molecule has 0 aliphatic rings. The van der Waals surface area contributed by atoms with Crippen molar-refractivity contribution in [3.63, 3.8) is 0 Å². The van der Waals surface area contributed by atoms with Gasteiger partial charge in [-0.2, -0.15) is 0 Å². The van der Waals surface area contributed by atoms with E-state index >= 15 is 0 Å². The molecule has 2 rings (SSSR count). The second-order valence-electron chi connectivity index (χ2n) is 5.23. The molecule has 0 aliphatic heterocycles. The Morgan fingerprint density at radius 3 is 2.73 bits per heavy atom. The molecule has 0 fully saturated rings. The van der Waals surface area contributed by atoms with E-state index in [0.29, 0.717) is 6.04 Å². The number of ether oxygens (including phenoxy) is 1. The van der Waals surface area contributed by atoms with Crippen LogP contribution >= 0.6 is 0 Å². The molecule has 0 saturated heterocycles. The van der Waals surface area contributed by atoms with Crippen LogP contribution in [0.1, 0.15) is 25.8 Å². The van der Waals surface area contributed by atoms with Crippen molar-refractivity contribution in [2.75, 3.05) is 24.3 Å². The van der Waals surface area contributed by atoms with Gasteiger partial charge in [0, 0.05) is 18.7 Å². The van der Waals surface area contributed by atoms with Gasteiger partial charge in [0.05, 0.1) is 7.11 Å². The highest BCUT2D eigenvalue weighted by Gasteiger charge is 2.04. The van der Waals surface area contributed by atoms with Gasteiger partial charge in [-0.15, -0.1) is 0 Å². The van der Waals surface area contributed by atoms with Crippen LogP contribution in [0, 0.1) is 0 Å². The predicted molar refractivity (Wildman–Crippen MR) is 90.6 cm³/mol. The summed E-state index contributed by atoms with van der Waals surface area (Å²) < 4.78 is 5.36. The van der Waals surface area contributed by atoms with Gasteiger partial charge < -0.3 is 15.4 Å². The largest absolute Gasteiger partial charge is 0.496 e. The van der Waals surface area contributed by atoms with Gasteiger partial charge in [-0.1, -0.05) is 25.1 Å². The lowest BCUT2D eigenvalue weighted by molar-refractivity contribution is 0.410. The standard InChI is InChI=1S/C17H24N4O/c1-4-13(2)21-17-11-16(19-12-20-17)18-10-9-14-7-5-6-8-15(14)22-3/h5-8,11-13H,4,9-10H2,1-3H3,(H2,18,19,20,21). The van der Waals surface area contributed by atoms with E-state index in [4.69, 9.17) is 4.74 Å². The lowest BCUT2D eigenvalue weighted by Crippen LogP contribution is -2.15. The van der Waals surface area contributed by atoms with Crippen molar-refractivity contribution in [3.8, 4) is 5.75 Å². The minimum absolute atomic E-state index is 0.399. The van der Waals surface area contributed by atoms with Crippen LogP contribution in [0.15, 0.2) is 36.7 Å². The predicted octanol–water partition coefficient (Wildman–Crippen LogP) is 3.35. The molecule has 0 spiro atoms. The van der Waals surface area contributed by atoms with E-state index in [9.17, 15) is 0 Å². The molecule has 0 saturated carbocycles. The number of aromatic nitrogens is 2. The lowest BCUT2D eigenvalue weighted by Gasteiger charge is -2.13. The third-order valence-corrected chi connectivity index (χ3v) is 3.57. The SMILES string of the molecule is CCC(C)Nc1cc(NCCc2ccccc2OC)ncn1. The van der Waals surface area contributed by atoms with E-state index in [2.05, 4.69) is 40.5 Å². The van der Waals surface area contributed by atoms with E-state index in [1.54, 1.807) is 13.4 Å². The molecule has 1 atom stereocenters. The Hall–Kier alpha value is -2.30. The van der Waals surface area contributed by atoms with Crippen LogP contribution in [-0.2, 0) is 6.42 Å². The molecule has 1 aromatic heterocycles. The fourth-order valence-electron chi connectivity index (χ4n) is 2.12. The molecule has 1 unspecified atom stereocenters. The van der Waals surface area contributed by atoms with Gasteiger partial charge in [0.1, 0.15) is 23.7 Å². The van der Waals surface area contributed by atoms with Crippen molar-refractivity contribution >= 4 is 11.6 Å². The van der Waals surface area contributed by atoms with Crippen molar-refractivity contribution in [2.45, 2.75) is 32.7 Å². The smallest absolute Gasteiger partial charge is 0.131 e. The van der Waals surface area contributed by atoms with Gasteiger partial charge >= 0.3 is 0 Å². The summed E-state index contributed by atoms with van der Waals surface area (Å²) in [4.78, 5) is 8.49. The molecule has 0 bridgehead atoms. The van der Waals surface area contributed by atoms with Crippen molar-refractivity contribution in [2.24, 2.45) is 0 Å². The molecule has 1 heterocycles. The van der Waals surface area contributed by atoms with Crippen LogP contribution in [0.2, 0.25) is 0 Å². The van der Waals surface area contributed by atoms with E-state index in [1.165, 1.54) is 5.56 Å². The summed E-state index contributed by atoms with van der Waals surface area (Å²) in [6.07, 6.45) is 3.51. The van der Waals surface area contributed by atoms with E-state index in [1.807, 2.05) is 24.3 Å². The van der Waals surface area contributed by atoms with Crippen molar-refractivity contribution in [3.05, 3.63) is 42.2 Å². The van der Waals surface area contributed by atoms with E-state index in [0.717, 1.165) is 36.8 Å². The summed E-state index contributed by atoms with van der Waals surface area (Å²) in [6.45, 7) is 5.07. The number of rotatable bonds is 8. The maximum atomic E-state index is 5.36. The maximum Gasteiger partial charge on any atom is 0.131 e. The average Bonchev–Trinajstić information content (AvgIpc) is 2.55. The number of benzene rings is 1. The Labute approximate surface area is 132 Å². The second kappa shape index (κ2) is 8.22. The number of methoxy groups -OCH3 is 1. The first-order valence-electron chi connectivity index (χ1n) is 7.67. The summed E-state index contributed by atoms with van der Waals surface area (Å²) in [6, 6.07) is 10.4. The highest BCUT2D eigenvalue weighted by molar-refractivity contribution is 5.47. The fourth-order valence-corrected chi connectivity index (χ4v) is 2.12. The van der Waals surface area contributed by atoms with Gasteiger partial charge in [-0.3, -0.25) is 0 Å². The Morgan fingerprint density at radius 1 is 1.18 bits per heavy atom. The number of para-hydroxylation sites is 1. The van der Waals surface area contributed by atoms with Crippen LogP contribution in [0.25, 0.3) is 0 Å². The quantitative estimate of drug-likeness (QED) is 0.783. The molecule has 5 heteroatoms. The topological polar surface area (TPSA) is 59.1 Å². The highest BCUT2D eigenvalue weighted by atomic mass is 16.5. The van der Waals surface area contributed by atoms with Crippen LogP contribution in [0.3, 0.4) is 0 Å². The van der Waals surface area contributed by atoms with Crippen LogP contribution in [-0.4, -0.2) is 29.7 Å². The first kappa shape index (κ1) is 16.1. The van der Waals surface area contributed by atoms with E-state index in [-0.39, 0.29) is 0 Å². The third-order valence-electron chi connectivity index (χ3n) is 3.57. The van der Waals surface area contributed by atoms with Crippen molar-refractivity contribution in [1.82, 2.24) is 9.97 Å². The maximum absolute atomic E-state index is 5.36. The molecule has 22 heavy (non-hydrogen) atoms. The summed E-state index contributed by atoms with van der Waals surface area (Å²) >= 11 is 0. The van der Waals surface area contributed by atoms with Crippen LogP contribution < -0.4 is 15.4 Å². The zero-order valence-electron chi connectivity index (χ0n) is 13.5. The first-order valence-corrected chi connectivity index (χ1v) is 7.67. The summed E-state index contributed by atoms with van der Waals surface area (Å²) in [5.74, 6) is 2.60. The number of hydrogen-bond acceptors (Lipinski definition) is 5. The second-order valence-corrected chi connectivity index (χ2v) is 5.23.